The topological polar surface area (TPSA) is 33.2 Å². The predicted molar refractivity (Wildman–Crippen MR) is 97.4 cm³/mol. The Labute approximate surface area is 142 Å². The fraction of sp³-hybridized carbons (Fsp3) is 0.471. The maximum Gasteiger partial charge on any atom is 0.266 e. The van der Waals surface area contributed by atoms with Gasteiger partial charge in [-0.2, -0.15) is 0 Å². The largest absolute Gasteiger partial charge is 0.293 e. The summed E-state index contributed by atoms with van der Waals surface area (Å²) in [5.74, 6) is 0.564. The first kappa shape index (κ1) is 17.2. The van der Waals surface area contributed by atoms with Crippen molar-refractivity contribution in [3.05, 3.63) is 35.0 Å². The van der Waals surface area contributed by atoms with Crippen molar-refractivity contribution in [3.63, 3.8) is 0 Å². The van der Waals surface area contributed by atoms with Gasteiger partial charge in [-0.15, -0.1) is 0 Å². The van der Waals surface area contributed by atoms with Crippen LogP contribution in [0.1, 0.15) is 45.1 Å². The Bertz CT molecular complexity index is 557. The molecule has 3 nitrogen and oxygen atoms in total. The highest BCUT2D eigenvalue weighted by Crippen LogP contribution is 2.33. The Morgan fingerprint density at radius 1 is 1.45 bits per heavy atom. The molecule has 0 spiro atoms. The van der Waals surface area contributed by atoms with Crippen LogP contribution in [0.25, 0.3) is 6.08 Å². The van der Waals surface area contributed by atoms with Crippen LogP contribution in [0, 0.1) is 5.92 Å². The van der Waals surface area contributed by atoms with Gasteiger partial charge < -0.3 is 0 Å². The molecule has 1 atom stereocenters. The number of hydrogen-bond donors (Lipinski definition) is 0. The van der Waals surface area contributed by atoms with Crippen molar-refractivity contribution in [1.29, 1.82) is 0 Å². The van der Waals surface area contributed by atoms with E-state index in [0.717, 1.165) is 24.9 Å². The molecule has 1 aliphatic heterocycles. The minimum Gasteiger partial charge on any atom is -0.293 e. The van der Waals surface area contributed by atoms with Gasteiger partial charge in [0.15, 0.2) is 0 Å². The first-order valence-electron chi connectivity index (χ1n) is 7.81. The van der Waals surface area contributed by atoms with Gasteiger partial charge in [-0.1, -0.05) is 63.2 Å². The molecule has 0 bridgehead atoms. The summed E-state index contributed by atoms with van der Waals surface area (Å²) in [6, 6.07) is 3.81. The number of hydrogen-bond acceptors (Lipinski definition) is 4. The second kappa shape index (κ2) is 8.44. The van der Waals surface area contributed by atoms with Crippen molar-refractivity contribution >= 4 is 40.3 Å². The van der Waals surface area contributed by atoms with Crippen LogP contribution in [-0.2, 0) is 4.79 Å². The smallest absolute Gasteiger partial charge is 0.266 e. The summed E-state index contributed by atoms with van der Waals surface area (Å²) in [5, 5.41) is 0. The molecule has 1 saturated heterocycles. The molecule has 1 fully saturated rings. The number of thiocarbonyl (C=S) groups is 1. The van der Waals surface area contributed by atoms with E-state index in [1.807, 2.05) is 18.2 Å². The minimum absolute atomic E-state index is 0.0359. The van der Waals surface area contributed by atoms with Gasteiger partial charge in [0.25, 0.3) is 5.91 Å². The van der Waals surface area contributed by atoms with Gasteiger partial charge in [0.05, 0.1) is 4.91 Å². The van der Waals surface area contributed by atoms with Gasteiger partial charge in [0.1, 0.15) is 4.32 Å². The van der Waals surface area contributed by atoms with Gasteiger partial charge in [0, 0.05) is 18.9 Å². The molecule has 5 heteroatoms. The fourth-order valence-electron chi connectivity index (χ4n) is 2.45. The number of unbranched alkanes of at least 4 members (excludes halogenated alkanes) is 1. The first-order valence-corrected chi connectivity index (χ1v) is 9.03. The zero-order chi connectivity index (χ0) is 15.9. The second-order valence-corrected chi connectivity index (χ2v) is 7.17. The molecule has 0 aromatic carbocycles. The Morgan fingerprint density at radius 2 is 2.27 bits per heavy atom. The highest BCUT2D eigenvalue weighted by Gasteiger charge is 2.33. The summed E-state index contributed by atoms with van der Waals surface area (Å²) in [7, 11) is 0. The molecule has 118 valence electrons. The van der Waals surface area contributed by atoms with Crippen molar-refractivity contribution in [3.8, 4) is 0 Å². The summed E-state index contributed by atoms with van der Waals surface area (Å²) in [6.45, 7) is 5.12. The molecule has 1 amide bonds. The van der Waals surface area contributed by atoms with E-state index in [0.29, 0.717) is 15.1 Å². The van der Waals surface area contributed by atoms with Gasteiger partial charge in [0.2, 0.25) is 0 Å². The van der Waals surface area contributed by atoms with E-state index < -0.39 is 0 Å². The van der Waals surface area contributed by atoms with E-state index in [4.69, 9.17) is 12.2 Å². The number of carbonyl (C=O) groups excluding carboxylic acids is 1. The van der Waals surface area contributed by atoms with E-state index in [9.17, 15) is 4.79 Å². The monoisotopic (exact) mass is 334 g/mol. The van der Waals surface area contributed by atoms with E-state index >= 15 is 0 Å². The summed E-state index contributed by atoms with van der Waals surface area (Å²) in [4.78, 5) is 19.1. The van der Waals surface area contributed by atoms with Crippen LogP contribution in [-0.4, -0.2) is 26.7 Å². The molecule has 0 radical (unpaired) electrons. The average molecular weight is 335 g/mol. The molecule has 2 heterocycles. The quantitative estimate of drug-likeness (QED) is 0.543. The highest BCUT2D eigenvalue weighted by atomic mass is 32.2. The summed E-state index contributed by atoms with van der Waals surface area (Å²) < 4.78 is 0.676. The zero-order valence-electron chi connectivity index (χ0n) is 13.1. The van der Waals surface area contributed by atoms with E-state index in [1.54, 1.807) is 17.3 Å². The molecule has 0 aliphatic carbocycles. The molecule has 0 N–H and O–H groups in total. The van der Waals surface area contributed by atoms with Crippen LogP contribution in [0.15, 0.2) is 29.4 Å². The van der Waals surface area contributed by atoms with Crippen molar-refractivity contribution in [2.75, 3.05) is 6.54 Å². The van der Waals surface area contributed by atoms with Crippen molar-refractivity contribution in [2.45, 2.75) is 39.5 Å². The molecule has 1 aromatic rings. The lowest BCUT2D eigenvalue weighted by Gasteiger charge is -2.21. The number of thioether (sulfide) groups is 1. The van der Waals surface area contributed by atoms with Crippen LogP contribution < -0.4 is 0 Å². The maximum atomic E-state index is 12.6. The van der Waals surface area contributed by atoms with Crippen LogP contribution in [0.5, 0.6) is 0 Å². The predicted octanol–water partition coefficient (Wildman–Crippen LogP) is 4.50. The van der Waals surface area contributed by atoms with Crippen molar-refractivity contribution in [2.24, 2.45) is 5.92 Å². The molecule has 0 saturated carbocycles. The summed E-state index contributed by atoms with van der Waals surface area (Å²) in [5.41, 5.74) is 0.932. The zero-order valence-corrected chi connectivity index (χ0v) is 14.8. The Kier molecular flexibility index (Phi) is 6.58. The van der Waals surface area contributed by atoms with Crippen molar-refractivity contribution in [1.82, 2.24) is 9.88 Å². The van der Waals surface area contributed by atoms with E-state index in [1.165, 1.54) is 24.6 Å². The lowest BCUT2D eigenvalue weighted by atomic mass is 9.99. The molecular formula is C17H22N2OS2. The average Bonchev–Trinajstić information content (AvgIpc) is 2.79. The first-order chi connectivity index (χ1) is 10.7. The summed E-state index contributed by atoms with van der Waals surface area (Å²) >= 11 is 6.80. The SMILES string of the molecule is CCCCC(CC)CN1C(=O)/C(=C/c2cccnc2)SC1=S. The normalized spacial score (nSPS) is 18.3. The van der Waals surface area contributed by atoms with Crippen LogP contribution in [0.2, 0.25) is 0 Å². The fourth-order valence-corrected chi connectivity index (χ4v) is 3.72. The molecule has 2 rings (SSSR count). The van der Waals surface area contributed by atoms with Crippen molar-refractivity contribution < 1.29 is 4.79 Å². The van der Waals surface area contributed by atoms with Crippen LogP contribution in [0.3, 0.4) is 0 Å². The number of aromatic nitrogens is 1. The third-order valence-corrected chi connectivity index (χ3v) is 5.22. The molecular weight excluding hydrogens is 312 g/mol. The molecule has 1 unspecified atom stereocenters. The lowest BCUT2D eigenvalue weighted by Crippen LogP contribution is -2.33. The van der Waals surface area contributed by atoms with Crippen LogP contribution in [0.4, 0.5) is 0 Å². The second-order valence-electron chi connectivity index (χ2n) is 5.50. The highest BCUT2D eigenvalue weighted by molar-refractivity contribution is 8.26. The van der Waals surface area contributed by atoms with E-state index in [2.05, 4.69) is 18.8 Å². The van der Waals surface area contributed by atoms with Crippen LogP contribution >= 0.6 is 24.0 Å². The van der Waals surface area contributed by atoms with Gasteiger partial charge in [-0.05, 0) is 30.0 Å². The maximum absolute atomic E-state index is 12.6. The third kappa shape index (κ3) is 4.40. The standard InChI is InChI=1S/C17H22N2OS2/c1-3-5-7-13(4-2)12-19-16(20)15(22-17(19)21)10-14-8-6-9-18-11-14/h6,8-11,13H,3-5,7,12H2,1-2H3/b15-10-. The number of pyridine rings is 1. The Morgan fingerprint density at radius 3 is 2.91 bits per heavy atom. The van der Waals surface area contributed by atoms with E-state index in [-0.39, 0.29) is 5.91 Å². The summed E-state index contributed by atoms with van der Waals surface area (Å²) in [6.07, 6.45) is 9.99. The number of amides is 1. The molecule has 1 aromatic heterocycles. The number of rotatable bonds is 7. The minimum atomic E-state index is 0.0359. The van der Waals surface area contributed by atoms with Gasteiger partial charge in [-0.3, -0.25) is 14.7 Å². The number of carbonyl (C=O) groups is 1. The molecule has 22 heavy (non-hydrogen) atoms. The third-order valence-electron chi connectivity index (χ3n) is 3.84. The van der Waals surface area contributed by atoms with Gasteiger partial charge >= 0.3 is 0 Å². The molecule has 1 aliphatic rings. The van der Waals surface area contributed by atoms with Gasteiger partial charge in [-0.25, -0.2) is 0 Å². The lowest BCUT2D eigenvalue weighted by molar-refractivity contribution is -0.122. The number of nitrogens with zero attached hydrogens (tertiary/aromatic N) is 2. The Balaban J connectivity index is 2.07. The Hall–Kier alpha value is -1.20.